The maximum atomic E-state index is 12.8. The highest BCUT2D eigenvalue weighted by Crippen LogP contribution is 2.40. The van der Waals surface area contributed by atoms with E-state index in [0.29, 0.717) is 5.78 Å². The van der Waals surface area contributed by atoms with Crippen molar-refractivity contribution in [2.75, 3.05) is 6.61 Å². The summed E-state index contributed by atoms with van der Waals surface area (Å²) in [6, 6.07) is 4.19. The second-order valence-corrected chi connectivity index (χ2v) is 6.68. The minimum absolute atomic E-state index is 0.250. The molecule has 0 radical (unpaired) electrons. The molecule has 1 aromatic carbocycles. The first-order valence-electron chi connectivity index (χ1n) is 8.14. The van der Waals surface area contributed by atoms with Gasteiger partial charge >= 0.3 is 0 Å². The number of ether oxygens (including phenoxy) is 1. The molecule has 0 saturated heterocycles. The van der Waals surface area contributed by atoms with Crippen molar-refractivity contribution in [2.24, 2.45) is 11.8 Å². The van der Waals surface area contributed by atoms with Gasteiger partial charge in [-0.25, -0.2) is 0 Å². The van der Waals surface area contributed by atoms with Gasteiger partial charge in [-0.3, -0.25) is 4.79 Å². The fourth-order valence-corrected chi connectivity index (χ4v) is 4.38. The van der Waals surface area contributed by atoms with Crippen LogP contribution in [-0.2, 0) is 12.8 Å². The Hall–Kier alpha value is -1.31. The summed E-state index contributed by atoms with van der Waals surface area (Å²) in [6.45, 7) is 0.742. The van der Waals surface area contributed by atoms with Crippen molar-refractivity contribution in [2.45, 2.75) is 51.4 Å². The Morgan fingerprint density at radius 3 is 2.85 bits per heavy atom. The molecule has 3 aliphatic rings. The molecule has 1 fully saturated rings. The van der Waals surface area contributed by atoms with Crippen LogP contribution in [0.4, 0.5) is 0 Å². The summed E-state index contributed by atoms with van der Waals surface area (Å²) >= 11 is 0. The van der Waals surface area contributed by atoms with Crippen LogP contribution in [0.2, 0.25) is 0 Å². The van der Waals surface area contributed by atoms with Gasteiger partial charge in [-0.1, -0.05) is 38.2 Å². The molecule has 1 aromatic rings. The topological polar surface area (TPSA) is 26.3 Å². The number of hydrogen-bond donors (Lipinski definition) is 0. The lowest BCUT2D eigenvalue weighted by atomic mass is 9.81. The van der Waals surface area contributed by atoms with Crippen molar-refractivity contribution in [3.05, 3.63) is 28.8 Å². The monoisotopic (exact) mass is 270 g/mol. The van der Waals surface area contributed by atoms with Gasteiger partial charge in [0.2, 0.25) is 0 Å². The zero-order valence-electron chi connectivity index (χ0n) is 12.0. The van der Waals surface area contributed by atoms with Crippen LogP contribution in [0.15, 0.2) is 12.1 Å². The third-order valence-electron chi connectivity index (χ3n) is 5.39. The lowest BCUT2D eigenvalue weighted by Crippen LogP contribution is -2.17. The summed E-state index contributed by atoms with van der Waals surface area (Å²) in [4.78, 5) is 12.8. The average Bonchev–Trinajstić information content (AvgIpc) is 3.05. The summed E-state index contributed by atoms with van der Waals surface area (Å²) in [6.07, 6.45) is 9.79. The van der Waals surface area contributed by atoms with E-state index in [4.69, 9.17) is 4.74 Å². The standard InChI is InChI=1S/C18H22O2/c19-18-14(10-12-4-2-1-3-5-12)11-13-6-7-16-15(17(13)18)8-9-20-16/h6-7,12,14H,1-5,8-11H2. The molecule has 0 bridgehead atoms. The molecule has 0 spiro atoms. The quantitative estimate of drug-likeness (QED) is 0.813. The first-order valence-corrected chi connectivity index (χ1v) is 8.14. The molecule has 2 aliphatic carbocycles. The number of ketones is 1. The Morgan fingerprint density at radius 1 is 1.15 bits per heavy atom. The van der Waals surface area contributed by atoms with E-state index < -0.39 is 0 Å². The minimum atomic E-state index is 0.250. The van der Waals surface area contributed by atoms with Crippen molar-refractivity contribution in [1.29, 1.82) is 0 Å². The lowest BCUT2D eigenvalue weighted by Gasteiger charge is -2.23. The zero-order valence-corrected chi connectivity index (χ0v) is 12.0. The van der Waals surface area contributed by atoms with E-state index in [2.05, 4.69) is 12.1 Å². The summed E-state index contributed by atoms with van der Waals surface area (Å²) in [5.74, 6) is 2.40. The van der Waals surface area contributed by atoms with Gasteiger partial charge in [-0.2, -0.15) is 0 Å². The number of Topliss-reactive ketones (excluding diaryl/α,β-unsaturated/α-hetero) is 1. The fourth-order valence-electron chi connectivity index (χ4n) is 4.38. The van der Waals surface area contributed by atoms with Crippen molar-refractivity contribution in [3.63, 3.8) is 0 Å². The van der Waals surface area contributed by atoms with Crippen molar-refractivity contribution >= 4 is 5.78 Å². The van der Waals surface area contributed by atoms with Gasteiger partial charge in [0.15, 0.2) is 5.78 Å². The molecule has 106 valence electrons. The molecule has 1 saturated carbocycles. The maximum Gasteiger partial charge on any atom is 0.166 e. The second kappa shape index (κ2) is 4.91. The normalized spacial score (nSPS) is 25.4. The van der Waals surface area contributed by atoms with Crippen LogP contribution in [0.5, 0.6) is 5.75 Å². The number of carbonyl (C=O) groups is 1. The van der Waals surface area contributed by atoms with Gasteiger partial charge in [-0.05, 0) is 30.4 Å². The number of hydrogen-bond acceptors (Lipinski definition) is 2. The molecule has 1 heterocycles. The van der Waals surface area contributed by atoms with Gasteiger partial charge in [0.1, 0.15) is 5.75 Å². The van der Waals surface area contributed by atoms with Crippen LogP contribution in [0.25, 0.3) is 0 Å². The van der Waals surface area contributed by atoms with Gasteiger partial charge in [0.05, 0.1) is 6.61 Å². The van der Waals surface area contributed by atoms with E-state index in [0.717, 1.165) is 43.1 Å². The first-order chi connectivity index (χ1) is 9.83. The number of rotatable bonds is 2. The van der Waals surface area contributed by atoms with Crippen LogP contribution in [0.3, 0.4) is 0 Å². The van der Waals surface area contributed by atoms with E-state index in [1.54, 1.807) is 0 Å². The van der Waals surface area contributed by atoms with Crippen LogP contribution in [-0.4, -0.2) is 12.4 Å². The SMILES string of the molecule is O=C1c2c(ccc3c2CCO3)CC1CC1CCCCC1. The predicted molar refractivity (Wildman–Crippen MR) is 78.4 cm³/mol. The van der Waals surface area contributed by atoms with Gasteiger partial charge in [0, 0.05) is 23.5 Å². The largest absolute Gasteiger partial charge is 0.493 e. The van der Waals surface area contributed by atoms with E-state index in [1.165, 1.54) is 43.2 Å². The minimum Gasteiger partial charge on any atom is -0.493 e. The molecule has 4 rings (SSSR count). The van der Waals surface area contributed by atoms with Gasteiger partial charge in [-0.15, -0.1) is 0 Å². The molecule has 2 heteroatoms. The van der Waals surface area contributed by atoms with Crippen molar-refractivity contribution in [1.82, 2.24) is 0 Å². The molecular formula is C18H22O2. The van der Waals surface area contributed by atoms with Gasteiger partial charge in [0.25, 0.3) is 0 Å². The van der Waals surface area contributed by atoms with E-state index in [9.17, 15) is 4.79 Å². The molecule has 1 atom stereocenters. The Balaban J connectivity index is 1.56. The second-order valence-electron chi connectivity index (χ2n) is 6.68. The molecule has 0 aromatic heterocycles. The number of carbonyl (C=O) groups excluding carboxylic acids is 1. The molecule has 2 nitrogen and oxygen atoms in total. The Bertz CT molecular complexity index is 541. The highest BCUT2D eigenvalue weighted by atomic mass is 16.5. The molecule has 0 amide bonds. The first kappa shape index (κ1) is 12.4. The van der Waals surface area contributed by atoms with Crippen LogP contribution >= 0.6 is 0 Å². The van der Waals surface area contributed by atoms with Crippen molar-refractivity contribution in [3.8, 4) is 5.75 Å². The Kier molecular flexibility index (Phi) is 3.05. The van der Waals surface area contributed by atoms with Crippen molar-refractivity contribution < 1.29 is 9.53 Å². The highest BCUT2D eigenvalue weighted by Gasteiger charge is 2.36. The fraction of sp³-hybridized carbons (Fsp3) is 0.611. The smallest absolute Gasteiger partial charge is 0.166 e. The highest BCUT2D eigenvalue weighted by molar-refractivity contribution is 6.04. The maximum absolute atomic E-state index is 12.8. The number of fused-ring (bicyclic) bond motifs is 3. The molecule has 1 aliphatic heterocycles. The van der Waals surface area contributed by atoms with Gasteiger partial charge < -0.3 is 4.74 Å². The van der Waals surface area contributed by atoms with Crippen LogP contribution in [0, 0.1) is 11.8 Å². The Morgan fingerprint density at radius 2 is 2.00 bits per heavy atom. The van der Waals surface area contributed by atoms with E-state index in [-0.39, 0.29) is 5.92 Å². The molecule has 0 N–H and O–H groups in total. The molecular weight excluding hydrogens is 248 g/mol. The summed E-state index contributed by atoms with van der Waals surface area (Å²) in [5, 5.41) is 0. The Labute approximate surface area is 120 Å². The predicted octanol–water partition coefficient (Wildman–Crippen LogP) is 3.95. The summed E-state index contributed by atoms with van der Waals surface area (Å²) < 4.78 is 5.61. The summed E-state index contributed by atoms with van der Waals surface area (Å²) in [5.41, 5.74) is 3.50. The third-order valence-corrected chi connectivity index (χ3v) is 5.39. The van der Waals surface area contributed by atoms with E-state index >= 15 is 0 Å². The van der Waals surface area contributed by atoms with E-state index in [1.807, 2.05) is 0 Å². The third kappa shape index (κ3) is 1.97. The average molecular weight is 270 g/mol. The number of benzene rings is 1. The molecule has 1 unspecified atom stereocenters. The van der Waals surface area contributed by atoms with Crippen LogP contribution < -0.4 is 4.74 Å². The van der Waals surface area contributed by atoms with Crippen LogP contribution in [0.1, 0.15) is 60.0 Å². The summed E-state index contributed by atoms with van der Waals surface area (Å²) in [7, 11) is 0. The zero-order chi connectivity index (χ0) is 13.5. The molecule has 20 heavy (non-hydrogen) atoms. The lowest BCUT2D eigenvalue weighted by molar-refractivity contribution is 0.0911.